The maximum atomic E-state index is 12.7. The van der Waals surface area contributed by atoms with Gasteiger partial charge in [-0.2, -0.15) is 0 Å². The Labute approximate surface area is 224 Å². The molecule has 0 radical (unpaired) electrons. The molecular weight excluding hydrogens is 565 g/mol. The van der Waals surface area contributed by atoms with Gasteiger partial charge in [-0.25, -0.2) is 9.59 Å². The summed E-state index contributed by atoms with van der Waals surface area (Å²) in [6.45, 7) is 14.3. The fraction of sp³-hybridized carbons (Fsp3) is 0.650. The van der Waals surface area contributed by atoms with Crippen LogP contribution in [0.15, 0.2) is 22.6 Å². The Hall–Kier alpha value is -0.563. The number of rotatable bonds is 10. The summed E-state index contributed by atoms with van der Waals surface area (Å²) in [6.07, 6.45) is -0.858. The van der Waals surface area contributed by atoms with Gasteiger partial charge in [-0.3, -0.25) is 9.69 Å². The Balaban J connectivity index is 2.05. The van der Waals surface area contributed by atoms with Crippen molar-refractivity contribution < 1.29 is 33.0 Å². The Kier molecular flexibility index (Phi) is 10.2. The van der Waals surface area contributed by atoms with Crippen molar-refractivity contribution in [2.24, 2.45) is 0 Å². The molecule has 2 aliphatic rings. The van der Waals surface area contributed by atoms with Crippen molar-refractivity contribution in [1.29, 1.82) is 0 Å². The van der Waals surface area contributed by atoms with Crippen LogP contribution in [0.4, 0.5) is 4.79 Å². The van der Waals surface area contributed by atoms with Crippen molar-refractivity contribution in [2.45, 2.75) is 54.2 Å². The van der Waals surface area contributed by atoms with Crippen LogP contribution in [0.3, 0.4) is 0 Å². The molecule has 2 atom stereocenters. The maximum Gasteiger partial charge on any atom is 0.509 e. The number of hydrogen-bond donors (Lipinski definition) is 0. The van der Waals surface area contributed by atoms with E-state index in [4.69, 9.17) is 53.4 Å². The number of halogens is 3. The molecule has 0 aromatic carbocycles. The molecule has 0 unspecified atom stereocenters. The fourth-order valence-electron chi connectivity index (χ4n) is 2.58. The third-order valence-electron chi connectivity index (χ3n) is 5.34. The largest absolute Gasteiger partial charge is 0.509 e. The van der Waals surface area contributed by atoms with Crippen LogP contribution in [0, 0.1) is 0 Å². The smallest absolute Gasteiger partial charge is 0.457 e. The molecule has 2 aliphatic heterocycles. The van der Waals surface area contributed by atoms with E-state index in [-0.39, 0.29) is 17.3 Å². The van der Waals surface area contributed by atoms with Crippen molar-refractivity contribution >= 4 is 84.7 Å². The van der Waals surface area contributed by atoms with Crippen molar-refractivity contribution in [3.63, 3.8) is 0 Å². The SMILES string of the molecule is C=CCOC(=O)C1=C(SCCO[Si](C)(C)C(C)(C)C)S[C@@H]2[C@@H](OC(=O)OCC(Cl)(Cl)Cl)C(=O)N12. The van der Waals surface area contributed by atoms with Crippen molar-refractivity contribution in [1.82, 2.24) is 4.90 Å². The summed E-state index contributed by atoms with van der Waals surface area (Å²) in [5.74, 6) is -0.658. The van der Waals surface area contributed by atoms with E-state index in [9.17, 15) is 14.4 Å². The first kappa shape index (κ1) is 29.7. The van der Waals surface area contributed by atoms with Gasteiger partial charge in [0.25, 0.3) is 5.91 Å². The summed E-state index contributed by atoms with van der Waals surface area (Å²) >= 11 is 19.3. The number of β-lactam (4-membered cyclic amide) rings is 1. The van der Waals surface area contributed by atoms with E-state index in [0.29, 0.717) is 16.6 Å². The van der Waals surface area contributed by atoms with Crippen LogP contribution < -0.4 is 0 Å². The number of carbonyl (C=O) groups excluding carboxylic acids is 3. The Bertz CT molecular complexity index is 858. The molecule has 0 aromatic heterocycles. The van der Waals surface area contributed by atoms with Gasteiger partial charge in [-0.1, -0.05) is 80.0 Å². The van der Waals surface area contributed by atoms with Crippen molar-refractivity contribution in [2.75, 3.05) is 25.6 Å². The second kappa shape index (κ2) is 11.7. The predicted molar refractivity (Wildman–Crippen MR) is 139 cm³/mol. The van der Waals surface area contributed by atoms with Gasteiger partial charge >= 0.3 is 12.1 Å². The van der Waals surface area contributed by atoms with Crippen LogP contribution in [0.25, 0.3) is 0 Å². The minimum atomic E-state index is -1.92. The topological polar surface area (TPSA) is 91.4 Å². The highest BCUT2D eigenvalue weighted by atomic mass is 35.6. The third-order valence-corrected chi connectivity index (χ3v) is 12.8. The average Bonchev–Trinajstić information content (AvgIpc) is 3.05. The lowest BCUT2D eigenvalue weighted by Crippen LogP contribution is -2.62. The number of carbonyl (C=O) groups is 3. The van der Waals surface area contributed by atoms with Gasteiger partial charge in [-0.05, 0) is 18.1 Å². The number of esters is 1. The molecular formula is C20H28Cl3NO7S2Si. The number of alkyl halides is 3. The Morgan fingerprint density at radius 2 is 1.88 bits per heavy atom. The van der Waals surface area contributed by atoms with Gasteiger partial charge in [0.1, 0.15) is 18.6 Å². The van der Waals surface area contributed by atoms with Crippen LogP contribution in [0.1, 0.15) is 20.8 Å². The zero-order chi connectivity index (χ0) is 25.9. The monoisotopic (exact) mass is 591 g/mol. The third kappa shape index (κ3) is 7.47. The lowest BCUT2D eigenvalue weighted by Gasteiger charge is -2.40. The summed E-state index contributed by atoms with van der Waals surface area (Å²) in [6, 6.07) is 0. The normalized spacial score (nSPS) is 20.6. The first-order chi connectivity index (χ1) is 15.6. The molecule has 0 spiro atoms. The number of hydrogen-bond acceptors (Lipinski definition) is 9. The quantitative estimate of drug-likeness (QED) is 0.0820. The van der Waals surface area contributed by atoms with Crippen molar-refractivity contribution in [3.8, 4) is 0 Å². The zero-order valence-electron chi connectivity index (χ0n) is 19.5. The van der Waals surface area contributed by atoms with Crippen LogP contribution in [0.2, 0.25) is 18.1 Å². The van der Waals surface area contributed by atoms with E-state index in [1.807, 2.05) is 0 Å². The van der Waals surface area contributed by atoms with Crippen LogP contribution in [-0.4, -0.2) is 72.1 Å². The highest BCUT2D eigenvalue weighted by molar-refractivity contribution is 8.22. The molecule has 1 amide bonds. The Morgan fingerprint density at radius 3 is 2.44 bits per heavy atom. The number of fused-ring (bicyclic) bond motifs is 1. The van der Waals surface area contributed by atoms with Gasteiger partial charge in [0.15, 0.2) is 14.0 Å². The summed E-state index contributed by atoms with van der Waals surface area (Å²) in [5, 5.41) is -0.548. The minimum Gasteiger partial charge on any atom is -0.457 e. The van der Waals surface area contributed by atoms with Gasteiger partial charge in [0.05, 0.1) is 4.24 Å². The number of thioether (sulfide) groups is 2. The minimum absolute atomic E-state index is 0.00455. The summed E-state index contributed by atoms with van der Waals surface area (Å²) in [4.78, 5) is 38.5. The molecule has 34 heavy (non-hydrogen) atoms. The van der Waals surface area contributed by atoms with E-state index in [1.54, 1.807) is 0 Å². The summed E-state index contributed by atoms with van der Waals surface area (Å²) in [5.41, 5.74) is 0.119. The molecule has 0 saturated carbocycles. The zero-order valence-corrected chi connectivity index (χ0v) is 24.4. The molecule has 0 bridgehead atoms. The van der Waals surface area contributed by atoms with Gasteiger partial charge in [-0.15, -0.1) is 11.8 Å². The standard InChI is InChI=1S/C20H28Cl3NO7S2Si/c1-7-8-28-16(26)12-17(32-10-9-30-34(5,6)19(2,3)4)33-15-13(14(25)24(12)15)31-18(27)29-11-20(21,22)23/h7,13,15H,1,8-11H2,2-6H3/t13-,15+/m0/s1. The Morgan fingerprint density at radius 1 is 1.24 bits per heavy atom. The van der Waals surface area contributed by atoms with Crippen LogP contribution >= 0.6 is 58.3 Å². The van der Waals surface area contributed by atoms with E-state index in [2.05, 4.69) is 40.4 Å². The molecule has 192 valence electrons. The number of ether oxygens (including phenoxy) is 3. The van der Waals surface area contributed by atoms with Crippen molar-refractivity contribution in [3.05, 3.63) is 22.6 Å². The lowest BCUT2D eigenvalue weighted by molar-refractivity contribution is -0.161. The van der Waals surface area contributed by atoms with Crippen LogP contribution in [-0.2, 0) is 28.2 Å². The molecule has 2 heterocycles. The average molecular weight is 593 g/mol. The van der Waals surface area contributed by atoms with Gasteiger partial charge in [0.2, 0.25) is 9.90 Å². The molecule has 2 rings (SSSR count). The lowest BCUT2D eigenvalue weighted by atomic mass is 10.1. The number of amides is 1. The molecule has 14 heteroatoms. The summed E-state index contributed by atoms with van der Waals surface area (Å²) < 4.78 is 20.0. The second-order valence-corrected chi connectivity index (χ2v) is 18.7. The molecule has 1 saturated heterocycles. The van der Waals surface area contributed by atoms with Crippen LogP contribution in [0.5, 0.6) is 0 Å². The van der Waals surface area contributed by atoms with E-state index >= 15 is 0 Å². The van der Waals surface area contributed by atoms with E-state index < -0.39 is 48.2 Å². The maximum absolute atomic E-state index is 12.7. The highest BCUT2D eigenvalue weighted by Crippen LogP contribution is 2.52. The first-order valence-electron chi connectivity index (χ1n) is 10.3. The number of nitrogens with zero attached hydrogens (tertiary/aromatic N) is 1. The molecule has 0 aliphatic carbocycles. The van der Waals surface area contributed by atoms with E-state index in [1.165, 1.54) is 34.5 Å². The van der Waals surface area contributed by atoms with E-state index in [0.717, 1.165) is 0 Å². The first-order valence-corrected chi connectivity index (χ1v) is 16.2. The molecule has 1 fully saturated rings. The molecule has 0 aromatic rings. The van der Waals surface area contributed by atoms with Gasteiger partial charge in [0, 0.05) is 12.4 Å². The highest BCUT2D eigenvalue weighted by Gasteiger charge is 2.59. The summed E-state index contributed by atoms with van der Waals surface area (Å²) in [7, 11) is -1.92. The molecule has 0 N–H and O–H groups in total. The predicted octanol–water partition coefficient (Wildman–Crippen LogP) is 5.45. The fourth-order valence-corrected chi connectivity index (χ4v) is 6.54. The molecule has 8 nitrogen and oxygen atoms in total. The second-order valence-electron chi connectivity index (χ2n) is 8.89. The van der Waals surface area contributed by atoms with Gasteiger partial charge < -0.3 is 18.6 Å².